The lowest BCUT2D eigenvalue weighted by atomic mass is 10.1. The van der Waals surface area contributed by atoms with E-state index < -0.39 is 0 Å². The van der Waals surface area contributed by atoms with E-state index in [9.17, 15) is 14.0 Å². The second-order valence-electron chi connectivity index (χ2n) is 5.26. The van der Waals surface area contributed by atoms with Gasteiger partial charge in [-0.1, -0.05) is 30.3 Å². The van der Waals surface area contributed by atoms with Crippen LogP contribution in [0.3, 0.4) is 0 Å². The summed E-state index contributed by atoms with van der Waals surface area (Å²) in [6.07, 6.45) is 0. The van der Waals surface area contributed by atoms with Crippen molar-refractivity contribution >= 4 is 34.2 Å². The van der Waals surface area contributed by atoms with E-state index in [0.717, 1.165) is 22.9 Å². The number of carbonyl (C=O) groups is 2. The smallest absolute Gasteiger partial charge is 0.268 e. The summed E-state index contributed by atoms with van der Waals surface area (Å²) in [5.74, 6) is -0.675. The summed E-state index contributed by atoms with van der Waals surface area (Å²) in [7, 11) is 0. The molecule has 0 N–H and O–H groups in total. The fourth-order valence-corrected chi connectivity index (χ4v) is 3.35. The van der Waals surface area contributed by atoms with Crippen molar-refractivity contribution in [1.82, 2.24) is 0 Å². The molecule has 0 aromatic heterocycles. The number of anilines is 1. The van der Waals surface area contributed by atoms with Crippen LogP contribution in [0.15, 0.2) is 53.4 Å². The number of aryl methyl sites for hydroxylation is 1. The number of hydrogen-bond donors (Lipinski definition) is 0. The average Bonchev–Trinajstić information content (AvgIpc) is 2.83. The van der Waals surface area contributed by atoms with Gasteiger partial charge >= 0.3 is 0 Å². The van der Waals surface area contributed by atoms with Gasteiger partial charge in [0.2, 0.25) is 0 Å². The fraction of sp³-hybridized carbons (Fsp3) is 0.111. The standard InChI is InChI=1S/C18H14FNO2S/c1-11-5-3-4-6-15(11)20-17(21)16(23-18(20)22)12(2)13-7-9-14(19)10-8-13/h3-10H,1-2H3/b16-12-. The molecule has 2 amide bonds. The third-order valence-corrected chi connectivity index (χ3v) is 4.79. The molecule has 0 saturated carbocycles. The minimum absolute atomic E-state index is 0.319. The van der Waals surface area contributed by atoms with Crippen molar-refractivity contribution in [3.8, 4) is 0 Å². The first-order valence-electron chi connectivity index (χ1n) is 7.08. The van der Waals surface area contributed by atoms with Crippen LogP contribution in [0.2, 0.25) is 0 Å². The van der Waals surface area contributed by atoms with Gasteiger partial charge in [-0.05, 0) is 60.5 Å². The van der Waals surface area contributed by atoms with Crippen molar-refractivity contribution in [2.24, 2.45) is 0 Å². The zero-order valence-electron chi connectivity index (χ0n) is 12.7. The van der Waals surface area contributed by atoms with Crippen LogP contribution in [0.4, 0.5) is 14.9 Å². The SMILES string of the molecule is C/C(=C1/SC(=O)N(c2ccccc2C)C1=O)c1ccc(F)cc1. The van der Waals surface area contributed by atoms with Crippen LogP contribution < -0.4 is 4.90 Å². The molecule has 1 heterocycles. The second kappa shape index (κ2) is 6.01. The number of hydrogen-bond acceptors (Lipinski definition) is 3. The molecule has 0 atom stereocenters. The number of para-hydroxylation sites is 1. The quantitative estimate of drug-likeness (QED) is 0.746. The zero-order chi connectivity index (χ0) is 16.6. The predicted octanol–water partition coefficient (Wildman–Crippen LogP) is 4.77. The highest BCUT2D eigenvalue weighted by Crippen LogP contribution is 2.39. The van der Waals surface area contributed by atoms with Gasteiger partial charge in [0.05, 0.1) is 10.6 Å². The van der Waals surface area contributed by atoms with Gasteiger partial charge in [0, 0.05) is 0 Å². The molecule has 0 unspecified atom stereocenters. The molecule has 5 heteroatoms. The van der Waals surface area contributed by atoms with E-state index in [-0.39, 0.29) is 17.0 Å². The predicted molar refractivity (Wildman–Crippen MR) is 90.6 cm³/mol. The van der Waals surface area contributed by atoms with Crippen LogP contribution in [-0.4, -0.2) is 11.1 Å². The lowest BCUT2D eigenvalue weighted by Crippen LogP contribution is -2.28. The molecule has 3 rings (SSSR count). The van der Waals surface area contributed by atoms with Gasteiger partial charge in [-0.25, -0.2) is 9.29 Å². The van der Waals surface area contributed by atoms with Crippen molar-refractivity contribution in [3.05, 3.63) is 70.4 Å². The maximum Gasteiger partial charge on any atom is 0.298 e. The second-order valence-corrected chi connectivity index (χ2v) is 6.22. The first-order chi connectivity index (χ1) is 11.0. The molecule has 23 heavy (non-hydrogen) atoms. The first kappa shape index (κ1) is 15.5. The van der Waals surface area contributed by atoms with Crippen LogP contribution in [-0.2, 0) is 4.79 Å². The topological polar surface area (TPSA) is 37.4 Å². The van der Waals surface area contributed by atoms with Crippen molar-refractivity contribution in [2.45, 2.75) is 13.8 Å². The zero-order valence-corrected chi connectivity index (χ0v) is 13.5. The number of amides is 2. The van der Waals surface area contributed by atoms with E-state index in [1.165, 1.54) is 17.0 Å². The molecule has 2 aromatic rings. The molecule has 1 aliphatic heterocycles. The van der Waals surface area contributed by atoms with Gasteiger partial charge in [0.1, 0.15) is 5.82 Å². The number of allylic oxidation sites excluding steroid dienone is 1. The van der Waals surface area contributed by atoms with Crippen LogP contribution in [0.5, 0.6) is 0 Å². The maximum absolute atomic E-state index is 13.0. The fourth-order valence-electron chi connectivity index (χ4n) is 2.45. The highest BCUT2D eigenvalue weighted by Gasteiger charge is 2.38. The molecule has 116 valence electrons. The van der Waals surface area contributed by atoms with Crippen molar-refractivity contribution in [1.29, 1.82) is 0 Å². The third kappa shape index (κ3) is 2.80. The Hall–Kier alpha value is -2.40. The van der Waals surface area contributed by atoms with Gasteiger partial charge in [-0.3, -0.25) is 9.59 Å². The highest BCUT2D eigenvalue weighted by atomic mass is 32.2. The average molecular weight is 327 g/mol. The largest absolute Gasteiger partial charge is 0.298 e. The molecule has 1 aliphatic rings. The summed E-state index contributed by atoms with van der Waals surface area (Å²) in [6.45, 7) is 3.62. The number of nitrogens with zero attached hydrogens (tertiary/aromatic N) is 1. The maximum atomic E-state index is 13.0. The summed E-state index contributed by atoms with van der Waals surface area (Å²) < 4.78 is 13.0. The Bertz CT molecular complexity index is 827. The molecule has 0 bridgehead atoms. The van der Waals surface area contributed by atoms with Crippen molar-refractivity contribution in [3.63, 3.8) is 0 Å². The van der Waals surface area contributed by atoms with E-state index in [1.54, 1.807) is 31.2 Å². The molecule has 2 aromatic carbocycles. The Morgan fingerprint density at radius 2 is 1.70 bits per heavy atom. The van der Waals surface area contributed by atoms with Crippen LogP contribution in [0.25, 0.3) is 5.57 Å². The molecular formula is C18H14FNO2S. The lowest BCUT2D eigenvalue weighted by molar-refractivity contribution is -0.113. The highest BCUT2D eigenvalue weighted by molar-refractivity contribution is 8.19. The van der Waals surface area contributed by atoms with Crippen LogP contribution in [0, 0.1) is 12.7 Å². The van der Waals surface area contributed by atoms with E-state index in [0.29, 0.717) is 16.2 Å². The third-order valence-electron chi connectivity index (χ3n) is 3.74. The Labute approximate surface area is 137 Å². The van der Waals surface area contributed by atoms with Crippen LogP contribution >= 0.6 is 11.8 Å². The number of halogens is 1. The van der Waals surface area contributed by atoms with Crippen molar-refractivity contribution in [2.75, 3.05) is 4.90 Å². The number of rotatable bonds is 2. The van der Waals surface area contributed by atoms with Crippen LogP contribution in [0.1, 0.15) is 18.1 Å². The van der Waals surface area contributed by atoms with Gasteiger partial charge < -0.3 is 0 Å². The van der Waals surface area contributed by atoms with Gasteiger partial charge in [0.15, 0.2) is 0 Å². The summed E-state index contributed by atoms with van der Waals surface area (Å²) >= 11 is 0.916. The van der Waals surface area contributed by atoms with Gasteiger partial charge in [0.25, 0.3) is 11.1 Å². The number of benzene rings is 2. The number of thioether (sulfide) groups is 1. The number of imide groups is 1. The minimum atomic E-state index is -0.338. The molecular weight excluding hydrogens is 313 g/mol. The molecule has 3 nitrogen and oxygen atoms in total. The van der Waals surface area contributed by atoms with E-state index in [2.05, 4.69) is 0 Å². The van der Waals surface area contributed by atoms with Gasteiger partial charge in [-0.2, -0.15) is 0 Å². The summed E-state index contributed by atoms with van der Waals surface area (Å²) in [6, 6.07) is 13.1. The molecule has 0 spiro atoms. The van der Waals surface area contributed by atoms with E-state index in [1.807, 2.05) is 19.1 Å². The normalized spacial score (nSPS) is 16.9. The number of carbonyl (C=O) groups excluding carboxylic acids is 2. The lowest BCUT2D eigenvalue weighted by Gasteiger charge is -2.15. The molecule has 0 aliphatic carbocycles. The Morgan fingerprint density at radius 3 is 2.35 bits per heavy atom. The minimum Gasteiger partial charge on any atom is -0.268 e. The summed E-state index contributed by atoms with van der Waals surface area (Å²) in [5.41, 5.74) is 2.85. The first-order valence-corrected chi connectivity index (χ1v) is 7.89. The Kier molecular flexibility index (Phi) is 4.05. The Morgan fingerprint density at radius 1 is 1.04 bits per heavy atom. The monoisotopic (exact) mass is 327 g/mol. The van der Waals surface area contributed by atoms with E-state index >= 15 is 0 Å². The molecule has 1 saturated heterocycles. The van der Waals surface area contributed by atoms with Gasteiger partial charge in [-0.15, -0.1) is 0 Å². The summed E-state index contributed by atoms with van der Waals surface area (Å²) in [5, 5.41) is -0.319. The van der Waals surface area contributed by atoms with E-state index in [4.69, 9.17) is 0 Å². The van der Waals surface area contributed by atoms with Crippen molar-refractivity contribution < 1.29 is 14.0 Å². The summed E-state index contributed by atoms with van der Waals surface area (Å²) in [4.78, 5) is 26.6. The molecule has 1 fully saturated rings. The molecule has 0 radical (unpaired) electrons. The Balaban J connectivity index is 2.03.